The molecule has 0 atom stereocenters. The number of carboxylic acid groups (broad SMARTS) is 1. The van der Waals surface area contributed by atoms with E-state index in [1.807, 2.05) is 13.8 Å². The van der Waals surface area contributed by atoms with Crippen molar-refractivity contribution in [3.05, 3.63) is 46.5 Å². The van der Waals surface area contributed by atoms with Gasteiger partial charge in [0.1, 0.15) is 0 Å². The van der Waals surface area contributed by atoms with Crippen LogP contribution in [0.15, 0.2) is 24.3 Å². The number of hydrogen-bond acceptors (Lipinski definition) is 1. The fraction of sp³-hybridized carbons (Fsp3) is 0.438. The third kappa shape index (κ3) is 3.22. The van der Waals surface area contributed by atoms with Crippen molar-refractivity contribution in [3.63, 3.8) is 0 Å². The van der Waals surface area contributed by atoms with Gasteiger partial charge in [-0.3, -0.25) is 0 Å². The summed E-state index contributed by atoms with van der Waals surface area (Å²) in [5, 5.41) is 8.91. The topological polar surface area (TPSA) is 37.3 Å². The molecule has 1 rings (SSSR count). The summed E-state index contributed by atoms with van der Waals surface area (Å²) < 4.78 is 0. The van der Waals surface area contributed by atoms with Crippen LogP contribution in [-0.2, 0) is 16.6 Å². The normalized spacial score (nSPS) is 11.4. The molecule has 1 aromatic carbocycles. The summed E-state index contributed by atoms with van der Waals surface area (Å²) in [4.78, 5) is 10.9. The first-order chi connectivity index (χ1) is 8.12. The van der Waals surface area contributed by atoms with Crippen molar-refractivity contribution in [3.8, 4) is 0 Å². The summed E-state index contributed by atoms with van der Waals surface area (Å²) in [6.07, 6.45) is 0.414. The van der Waals surface area contributed by atoms with Gasteiger partial charge in [0.25, 0.3) is 0 Å². The van der Waals surface area contributed by atoms with Crippen LogP contribution >= 0.6 is 0 Å². The zero-order valence-corrected chi connectivity index (χ0v) is 11.9. The van der Waals surface area contributed by atoms with Crippen LogP contribution in [0, 0.1) is 13.8 Å². The van der Waals surface area contributed by atoms with E-state index in [-0.39, 0.29) is 11.0 Å². The molecule has 0 amide bonds. The van der Waals surface area contributed by atoms with Gasteiger partial charge in [-0.2, -0.15) is 0 Å². The van der Waals surface area contributed by atoms with Crippen molar-refractivity contribution in [2.45, 2.75) is 46.5 Å². The Labute approximate surface area is 109 Å². The van der Waals surface area contributed by atoms with Crippen molar-refractivity contribution < 1.29 is 9.90 Å². The summed E-state index contributed by atoms with van der Waals surface area (Å²) in [5.74, 6) is -0.923. The van der Waals surface area contributed by atoms with Gasteiger partial charge in [0.15, 0.2) is 0 Å². The highest BCUT2D eigenvalue weighted by Gasteiger charge is 2.17. The van der Waals surface area contributed by atoms with E-state index in [1.54, 1.807) is 0 Å². The lowest BCUT2D eigenvalue weighted by molar-refractivity contribution is -0.132. The van der Waals surface area contributed by atoms with Crippen molar-refractivity contribution in [2.24, 2.45) is 0 Å². The smallest absolute Gasteiger partial charge is 0.331 e. The van der Waals surface area contributed by atoms with Crippen LogP contribution in [-0.4, -0.2) is 11.1 Å². The molecule has 0 aromatic heterocycles. The summed E-state index contributed by atoms with van der Waals surface area (Å²) >= 11 is 0. The quantitative estimate of drug-likeness (QED) is 0.824. The molecule has 98 valence electrons. The molecule has 0 unspecified atom stereocenters. The van der Waals surface area contributed by atoms with Gasteiger partial charge < -0.3 is 5.11 Å². The van der Waals surface area contributed by atoms with Gasteiger partial charge in [0.2, 0.25) is 0 Å². The van der Waals surface area contributed by atoms with Gasteiger partial charge in [0.05, 0.1) is 0 Å². The van der Waals surface area contributed by atoms with E-state index >= 15 is 0 Å². The average Bonchev–Trinajstić information content (AvgIpc) is 2.21. The Balaban J connectivity index is 3.17. The van der Waals surface area contributed by atoms with Crippen LogP contribution in [0.5, 0.6) is 0 Å². The maximum absolute atomic E-state index is 10.9. The number of carboxylic acids is 1. The van der Waals surface area contributed by atoms with E-state index in [4.69, 9.17) is 5.11 Å². The third-order valence-corrected chi connectivity index (χ3v) is 3.25. The molecule has 0 saturated heterocycles. The molecule has 0 aliphatic carbocycles. The van der Waals surface area contributed by atoms with E-state index in [0.29, 0.717) is 6.42 Å². The Hall–Kier alpha value is -1.57. The van der Waals surface area contributed by atoms with Crippen molar-refractivity contribution in [1.29, 1.82) is 0 Å². The SMILES string of the molecule is C=C(Cc1c(C)cc(C(C)(C)C)cc1C)C(=O)O. The molecule has 0 aliphatic heterocycles. The van der Waals surface area contributed by atoms with Crippen molar-refractivity contribution in [1.82, 2.24) is 0 Å². The second kappa shape index (κ2) is 4.97. The first-order valence-corrected chi connectivity index (χ1v) is 6.14. The number of aliphatic carboxylic acids is 1. The Morgan fingerprint density at radius 3 is 2.00 bits per heavy atom. The van der Waals surface area contributed by atoms with E-state index in [0.717, 1.165) is 16.7 Å². The van der Waals surface area contributed by atoms with E-state index < -0.39 is 5.97 Å². The number of benzene rings is 1. The molecule has 0 saturated carbocycles. The first-order valence-electron chi connectivity index (χ1n) is 6.14. The molecule has 1 aromatic rings. The Bertz CT molecular complexity index is 467. The molecular weight excluding hydrogens is 224 g/mol. The second-order valence-corrected chi connectivity index (χ2v) is 5.92. The number of hydrogen-bond donors (Lipinski definition) is 1. The van der Waals surface area contributed by atoms with Gasteiger partial charge in [-0.05, 0) is 41.5 Å². The van der Waals surface area contributed by atoms with Gasteiger partial charge in [-0.1, -0.05) is 39.5 Å². The van der Waals surface area contributed by atoms with Gasteiger partial charge >= 0.3 is 5.97 Å². The highest BCUT2D eigenvalue weighted by atomic mass is 16.4. The van der Waals surface area contributed by atoms with E-state index in [1.165, 1.54) is 5.56 Å². The van der Waals surface area contributed by atoms with Crippen LogP contribution in [0.1, 0.15) is 43.0 Å². The third-order valence-electron chi connectivity index (χ3n) is 3.25. The molecule has 1 N–H and O–H groups in total. The fourth-order valence-electron chi connectivity index (χ4n) is 1.99. The molecule has 0 radical (unpaired) electrons. The molecule has 2 heteroatoms. The zero-order chi connectivity index (χ0) is 14.1. The van der Waals surface area contributed by atoms with Crippen LogP contribution in [0.3, 0.4) is 0 Å². The first kappa shape index (κ1) is 14.5. The minimum atomic E-state index is -0.923. The molecule has 0 heterocycles. The summed E-state index contributed by atoms with van der Waals surface area (Å²) in [5.41, 5.74) is 4.99. The molecular formula is C16H22O2. The maximum Gasteiger partial charge on any atom is 0.331 e. The monoisotopic (exact) mass is 246 g/mol. The number of carbonyl (C=O) groups is 1. The Morgan fingerprint density at radius 1 is 1.22 bits per heavy atom. The van der Waals surface area contributed by atoms with Crippen molar-refractivity contribution >= 4 is 5.97 Å². The number of aryl methyl sites for hydroxylation is 2. The van der Waals surface area contributed by atoms with Gasteiger partial charge in [-0.25, -0.2) is 4.79 Å². The maximum atomic E-state index is 10.9. The van der Waals surface area contributed by atoms with Crippen LogP contribution < -0.4 is 0 Å². The minimum Gasteiger partial charge on any atom is -0.478 e. The lowest BCUT2D eigenvalue weighted by Crippen LogP contribution is -2.13. The van der Waals surface area contributed by atoms with Crippen LogP contribution in [0.2, 0.25) is 0 Å². The summed E-state index contributed by atoms with van der Waals surface area (Å²) in [6, 6.07) is 4.30. The number of rotatable bonds is 3. The predicted octanol–water partition coefficient (Wildman–Crippen LogP) is 3.78. The average molecular weight is 246 g/mol. The summed E-state index contributed by atoms with van der Waals surface area (Å²) in [7, 11) is 0. The van der Waals surface area contributed by atoms with Gasteiger partial charge in [0, 0.05) is 12.0 Å². The highest BCUT2D eigenvalue weighted by molar-refractivity contribution is 5.86. The predicted molar refractivity (Wildman–Crippen MR) is 75.1 cm³/mol. The van der Waals surface area contributed by atoms with E-state index in [2.05, 4.69) is 39.5 Å². The molecule has 0 bridgehead atoms. The highest BCUT2D eigenvalue weighted by Crippen LogP contribution is 2.27. The lowest BCUT2D eigenvalue weighted by Gasteiger charge is -2.22. The van der Waals surface area contributed by atoms with Crippen LogP contribution in [0.25, 0.3) is 0 Å². The standard InChI is InChI=1S/C16H22O2/c1-10-7-13(16(4,5)6)8-11(2)14(10)9-12(3)15(17)18/h7-8H,3,9H2,1-2,4-6H3,(H,17,18). The zero-order valence-electron chi connectivity index (χ0n) is 11.9. The fourth-order valence-corrected chi connectivity index (χ4v) is 1.99. The molecule has 0 aliphatic rings. The largest absolute Gasteiger partial charge is 0.478 e. The Kier molecular flexibility index (Phi) is 4.00. The molecule has 0 spiro atoms. The van der Waals surface area contributed by atoms with Crippen LogP contribution in [0.4, 0.5) is 0 Å². The second-order valence-electron chi connectivity index (χ2n) is 5.92. The minimum absolute atomic E-state index is 0.109. The van der Waals surface area contributed by atoms with Gasteiger partial charge in [-0.15, -0.1) is 0 Å². The molecule has 18 heavy (non-hydrogen) atoms. The Morgan fingerprint density at radius 2 is 1.67 bits per heavy atom. The molecule has 2 nitrogen and oxygen atoms in total. The summed E-state index contributed by atoms with van der Waals surface area (Å²) in [6.45, 7) is 14.2. The van der Waals surface area contributed by atoms with Crippen molar-refractivity contribution in [2.75, 3.05) is 0 Å². The van der Waals surface area contributed by atoms with E-state index in [9.17, 15) is 4.79 Å². The lowest BCUT2D eigenvalue weighted by atomic mass is 9.83. The molecule has 0 fully saturated rings.